The number of anilines is 2. The Kier molecular flexibility index (Phi) is 5.26. The predicted octanol–water partition coefficient (Wildman–Crippen LogP) is 4.78. The minimum absolute atomic E-state index is 0.274. The van der Waals surface area contributed by atoms with Gasteiger partial charge in [-0.3, -0.25) is 4.68 Å². The molecule has 0 saturated heterocycles. The van der Waals surface area contributed by atoms with Crippen LogP contribution >= 0.6 is 11.6 Å². The lowest BCUT2D eigenvalue weighted by molar-refractivity contribution is 0.628. The molecule has 154 valence electrons. The van der Waals surface area contributed by atoms with E-state index in [1.807, 2.05) is 20.9 Å². The molecule has 9 heteroatoms. The number of nitrogens with zero attached hydrogens (tertiary/aromatic N) is 6. The standard InChI is InChI=1S/C21H21ClFN7/c1-5-16-20(14-6-8-15(23)9-7-14)28-29(4)21(16)26-17-10-18(25-11-24-17)30-13(3)19(22)12(2)27-30/h6-11H,5H2,1-4H3,(H,24,25,26). The van der Waals surface area contributed by atoms with Crippen molar-refractivity contribution >= 4 is 23.2 Å². The Hall–Kier alpha value is -3.26. The van der Waals surface area contributed by atoms with Crippen molar-refractivity contribution in [2.24, 2.45) is 7.05 Å². The fourth-order valence-corrected chi connectivity index (χ4v) is 3.52. The van der Waals surface area contributed by atoms with Gasteiger partial charge in [-0.1, -0.05) is 18.5 Å². The number of aromatic nitrogens is 6. The van der Waals surface area contributed by atoms with Crippen LogP contribution in [0.25, 0.3) is 17.1 Å². The molecule has 30 heavy (non-hydrogen) atoms. The van der Waals surface area contributed by atoms with Gasteiger partial charge in [0.1, 0.15) is 23.8 Å². The Labute approximate surface area is 178 Å². The molecule has 3 aromatic heterocycles. The van der Waals surface area contributed by atoms with E-state index in [1.54, 1.807) is 27.6 Å². The van der Waals surface area contributed by atoms with Gasteiger partial charge < -0.3 is 5.32 Å². The molecule has 0 amide bonds. The smallest absolute Gasteiger partial charge is 0.159 e. The second-order valence-electron chi connectivity index (χ2n) is 6.94. The first-order valence-corrected chi connectivity index (χ1v) is 9.89. The van der Waals surface area contributed by atoms with E-state index in [2.05, 4.69) is 32.4 Å². The summed E-state index contributed by atoms with van der Waals surface area (Å²) in [5.41, 5.74) is 4.23. The quantitative estimate of drug-likeness (QED) is 0.498. The molecule has 4 aromatic rings. The van der Waals surface area contributed by atoms with E-state index in [9.17, 15) is 4.39 Å². The summed E-state index contributed by atoms with van der Waals surface area (Å²) < 4.78 is 16.8. The summed E-state index contributed by atoms with van der Waals surface area (Å²) in [6, 6.07) is 8.14. The van der Waals surface area contributed by atoms with Gasteiger partial charge in [0.15, 0.2) is 5.82 Å². The number of nitrogens with one attached hydrogen (secondary N) is 1. The molecule has 0 aliphatic carbocycles. The van der Waals surface area contributed by atoms with Crippen molar-refractivity contribution in [3.63, 3.8) is 0 Å². The highest BCUT2D eigenvalue weighted by atomic mass is 35.5. The van der Waals surface area contributed by atoms with Crippen LogP contribution in [0, 0.1) is 19.7 Å². The van der Waals surface area contributed by atoms with Gasteiger partial charge in [0.05, 0.1) is 22.1 Å². The summed E-state index contributed by atoms with van der Waals surface area (Å²) >= 11 is 6.27. The fraction of sp³-hybridized carbons (Fsp3) is 0.238. The van der Waals surface area contributed by atoms with Crippen LogP contribution < -0.4 is 5.32 Å². The molecule has 0 radical (unpaired) electrons. The molecular weight excluding hydrogens is 405 g/mol. The lowest BCUT2D eigenvalue weighted by atomic mass is 10.1. The second-order valence-corrected chi connectivity index (χ2v) is 7.32. The van der Waals surface area contributed by atoms with Crippen LogP contribution in [-0.4, -0.2) is 29.5 Å². The lowest BCUT2D eigenvalue weighted by Gasteiger charge is -2.10. The van der Waals surface area contributed by atoms with Crippen molar-refractivity contribution in [3.05, 3.63) is 64.5 Å². The molecule has 0 spiro atoms. The fourth-order valence-electron chi connectivity index (χ4n) is 3.40. The minimum atomic E-state index is -0.274. The van der Waals surface area contributed by atoms with Crippen LogP contribution in [0.2, 0.25) is 5.02 Å². The van der Waals surface area contributed by atoms with Crippen LogP contribution in [0.15, 0.2) is 36.7 Å². The lowest BCUT2D eigenvalue weighted by Crippen LogP contribution is -2.06. The van der Waals surface area contributed by atoms with Gasteiger partial charge in [0, 0.05) is 24.2 Å². The van der Waals surface area contributed by atoms with E-state index in [4.69, 9.17) is 11.6 Å². The highest BCUT2D eigenvalue weighted by molar-refractivity contribution is 6.31. The molecule has 0 saturated carbocycles. The highest BCUT2D eigenvalue weighted by Gasteiger charge is 2.18. The van der Waals surface area contributed by atoms with E-state index in [1.165, 1.54) is 18.5 Å². The molecule has 0 aliphatic heterocycles. The second kappa shape index (κ2) is 7.87. The number of benzene rings is 1. The molecule has 0 bridgehead atoms. The zero-order valence-corrected chi connectivity index (χ0v) is 17.9. The Morgan fingerprint density at radius 1 is 1.10 bits per heavy atom. The van der Waals surface area contributed by atoms with Crippen LogP contribution in [0.3, 0.4) is 0 Å². The number of halogens is 2. The summed E-state index contributed by atoms with van der Waals surface area (Å²) in [4.78, 5) is 8.67. The summed E-state index contributed by atoms with van der Waals surface area (Å²) in [6.45, 7) is 5.80. The topological polar surface area (TPSA) is 73.5 Å². The molecule has 0 fully saturated rings. The van der Waals surface area contributed by atoms with E-state index in [-0.39, 0.29) is 5.82 Å². The van der Waals surface area contributed by atoms with Crippen molar-refractivity contribution in [1.29, 1.82) is 0 Å². The monoisotopic (exact) mass is 425 g/mol. The summed E-state index contributed by atoms with van der Waals surface area (Å²) in [5.74, 6) is 1.75. The van der Waals surface area contributed by atoms with Crippen molar-refractivity contribution in [1.82, 2.24) is 29.5 Å². The molecular formula is C21H21ClFN7. The average molecular weight is 426 g/mol. The third-order valence-corrected chi connectivity index (χ3v) is 5.48. The third-order valence-electron chi connectivity index (χ3n) is 4.94. The van der Waals surface area contributed by atoms with Crippen molar-refractivity contribution in [2.45, 2.75) is 27.2 Å². The van der Waals surface area contributed by atoms with E-state index in [0.29, 0.717) is 16.7 Å². The van der Waals surface area contributed by atoms with Gasteiger partial charge in [-0.2, -0.15) is 10.2 Å². The maximum atomic E-state index is 13.3. The SMILES string of the molecule is CCc1c(-c2ccc(F)cc2)nn(C)c1Nc1cc(-n2nc(C)c(Cl)c2C)ncn1. The normalized spacial score (nSPS) is 11.1. The van der Waals surface area contributed by atoms with Gasteiger partial charge in [0.25, 0.3) is 0 Å². The van der Waals surface area contributed by atoms with E-state index < -0.39 is 0 Å². The number of aryl methyl sites for hydroxylation is 2. The van der Waals surface area contributed by atoms with Crippen LogP contribution in [0.4, 0.5) is 16.0 Å². The Morgan fingerprint density at radius 3 is 2.47 bits per heavy atom. The first-order valence-electron chi connectivity index (χ1n) is 9.52. The molecule has 0 aliphatic rings. The molecule has 1 N–H and O–H groups in total. The van der Waals surface area contributed by atoms with Gasteiger partial charge in [0.2, 0.25) is 0 Å². The summed E-state index contributed by atoms with van der Waals surface area (Å²) in [5, 5.41) is 13.1. The largest absolute Gasteiger partial charge is 0.325 e. The maximum Gasteiger partial charge on any atom is 0.159 e. The van der Waals surface area contributed by atoms with Crippen LogP contribution in [-0.2, 0) is 13.5 Å². The minimum Gasteiger partial charge on any atom is -0.325 e. The average Bonchev–Trinajstić information content (AvgIpc) is 3.19. The maximum absolute atomic E-state index is 13.3. The highest BCUT2D eigenvalue weighted by Crippen LogP contribution is 2.31. The molecule has 0 atom stereocenters. The first-order chi connectivity index (χ1) is 14.4. The summed E-state index contributed by atoms with van der Waals surface area (Å²) in [7, 11) is 1.86. The first kappa shape index (κ1) is 20.0. The van der Waals surface area contributed by atoms with Crippen molar-refractivity contribution in [3.8, 4) is 17.1 Å². The van der Waals surface area contributed by atoms with Crippen LogP contribution in [0.5, 0.6) is 0 Å². The van der Waals surface area contributed by atoms with E-state index in [0.717, 1.165) is 40.4 Å². The number of hydrogen-bond acceptors (Lipinski definition) is 5. The molecule has 7 nitrogen and oxygen atoms in total. The van der Waals surface area contributed by atoms with Gasteiger partial charge in [-0.05, 0) is 44.5 Å². The summed E-state index contributed by atoms with van der Waals surface area (Å²) in [6.07, 6.45) is 2.22. The number of rotatable bonds is 5. The van der Waals surface area contributed by atoms with E-state index >= 15 is 0 Å². The Morgan fingerprint density at radius 2 is 1.83 bits per heavy atom. The molecule has 0 unspecified atom stereocenters. The van der Waals surface area contributed by atoms with Gasteiger partial charge in [-0.15, -0.1) is 0 Å². The zero-order chi connectivity index (χ0) is 21.4. The van der Waals surface area contributed by atoms with Crippen LogP contribution in [0.1, 0.15) is 23.9 Å². The number of hydrogen-bond donors (Lipinski definition) is 1. The predicted molar refractivity (Wildman–Crippen MR) is 115 cm³/mol. The third kappa shape index (κ3) is 3.54. The van der Waals surface area contributed by atoms with Crippen molar-refractivity contribution < 1.29 is 4.39 Å². The molecule has 3 heterocycles. The Balaban J connectivity index is 1.71. The van der Waals surface area contributed by atoms with Gasteiger partial charge in [-0.25, -0.2) is 19.0 Å². The molecule has 4 rings (SSSR count). The Bertz CT molecular complexity index is 1210. The zero-order valence-electron chi connectivity index (χ0n) is 17.1. The van der Waals surface area contributed by atoms with Gasteiger partial charge >= 0.3 is 0 Å². The molecule has 1 aromatic carbocycles. The van der Waals surface area contributed by atoms with Crippen molar-refractivity contribution in [2.75, 3.05) is 5.32 Å².